The Hall–Kier alpha value is -1.06. The van der Waals surface area contributed by atoms with Crippen LogP contribution in [0.15, 0.2) is 0 Å². The Balaban J connectivity index is 1.61. The number of amides is 2. The summed E-state index contributed by atoms with van der Waals surface area (Å²) in [6.45, 7) is 1.82. The third-order valence-electron chi connectivity index (χ3n) is 4.96. The summed E-state index contributed by atoms with van der Waals surface area (Å²) in [5.74, 6) is 0.184. The highest BCUT2D eigenvalue weighted by Gasteiger charge is 2.42. The van der Waals surface area contributed by atoms with E-state index >= 15 is 0 Å². The number of hydrogen-bond donors (Lipinski definition) is 1. The van der Waals surface area contributed by atoms with Crippen molar-refractivity contribution >= 4 is 11.8 Å². The highest BCUT2D eigenvalue weighted by molar-refractivity contribution is 5.90. The maximum absolute atomic E-state index is 12.3. The third kappa shape index (κ3) is 2.13. The van der Waals surface area contributed by atoms with E-state index in [9.17, 15) is 9.59 Å². The molecule has 2 amide bonds. The van der Waals surface area contributed by atoms with E-state index in [0.29, 0.717) is 18.3 Å². The van der Waals surface area contributed by atoms with Crippen molar-refractivity contribution in [3.05, 3.63) is 0 Å². The average molecular weight is 250 g/mol. The van der Waals surface area contributed by atoms with Crippen LogP contribution in [0.3, 0.4) is 0 Å². The molecule has 3 aliphatic rings. The Bertz CT molecular complexity index is 361. The van der Waals surface area contributed by atoms with Crippen LogP contribution in [-0.4, -0.2) is 35.8 Å². The minimum Gasteiger partial charge on any atom is -0.344 e. The van der Waals surface area contributed by atoms with E-state index in [2.05, 4.69) is 5.32 Å². The number of carbonyl (C=O) groups is 2. The summed E-state index contributed by atoms with van der Waals surface area (Å²) < 4.78 is 0. The molecule has 4 nitrogen and oxygen atoms in total. The van der Waals surface area contributed by atoms with Crippen LogP contribution in [0.4, 0.5) is 0 Å². The van der Waals surface area contributed by atoms with Gasteiger partial charge in [-0.05, 0) is 31.1 Å². The molecule has 1 aliphatic carbocycles. The van der Waals surface area contributed by atoms with E-state index in [1.54, 1.807) is 0 Å². The average Bonchev–Trinajstić information content (AvgIpc) is 2.97. The van der Waals surface area contributed by atoms with Crippen molar-refractivity contribution in [2.24, 2.45) is 5.41 Å². The van der Waals surface area contributed by atoms with Gasteiger partial charge in [0.25, 0.3) is 0 Å². The molecule has 100 valence electrons. The second kappa shape index (κ2) is 4.56. The number of rotatable bonds is 1. The van der Waals surface area contributed by atoms with Crippen LogP contribution in [-0.2, 0) is 9.59 Å². The first-order chi connectivity index (χ1) is 8.69. The van der Waals surface area contributed by atoms with E-state index in [4.69, 9.17) is 0 Å². The van der Waals surface area contributed by atoms with Gasteiger partial charge in [0.05, 0.1) is 0 Å². The molecule has 0 unspecified atom stereocenters. The maximum atomic E-state index is 12.3. The number of nitrogens with zero attached hydrogens (tertiary/aromatic N) is 1. The second-order valence-electron chi connectivity index (χ2n) is 6.23. The Morgan fingerprint density at radius 3 is 2.67 bits per heavy atom. The van der Waals surface area contributed by atoms with Gasteiger partial charge in [0.15, 0.2) is 0 Å². The molecule has 1 spiro atoms. The van der Waals surface area contributed by atoms with Crippen molar-refractivity contribution in [3.63, 3.8) is 0 Å². The van der Waals surface area contributed by atoms with E-state index in [1.165, 1.54) is 38.5 Å². The summed E-state index contributed by atoms with van der Waals surface area (Å²) in [7, 11) is 0. The molecule has 4 heteroatoms. The minimum atomic E-state index is -0.240. The van der Waals surface area contributed by atoms with Crippen LogP contribution in [0.1, 0.15) is 51.4 Å². The van der Waals surface area contributed by atoms with Gasteiger partial charge in [-0.2, -0.15) is 0 Å². The summed E-state index contributed by atoms with van der Waals surface area (Å²) >= 11 is 0. The highest BCUT2D eigenvalue weighted by Crippen LogP contribution is 2.43. The fourth-order valence-electron chi connectivity index (χ4n) is 3.85. The lowest BCUT2D eigenvalue weighted by Crippen LogP contribution is -2.44. The number of nitrogens with one attached hydrogen (secondary N) is 1. The molecule has 0 aromatic carbocycles. The van der Waals surface area contributed by atoms with Crippen LogP contribution < -0.4 is 5.32 Å². The van der Waals surface area contributed by atoms with Gasteiger partial charge in [-0.25, -0.2) is 0 Å². The summed E-state index contributed by atoms with van der Waals surface area (Å²) in [6.07, 6.45) is 8.93. The highest BCUT2D eigenvalue weighted by atomic mass is 16.2. The minimum absolute atomic E-state index is 0.0277. The van der Waals surface area contributed by atoms with Gasteiger partial charge >= 0.3 is 0 Å². The third-order valence-corrected chi connectivity index (χ3v) is 4.96. The van der Waals surface area contributed by atoms with E-state index < -0.39 is 0 Å². The molecule has 2 saturated heterocycles. The van der Waals surface area contributed by atoms with Gasteiger partial charge in [0, 0.05) is 19.5 Å². The first-order valence-electron chi connectivity index (χ1n) is 7.27. The molecule has 3 rings (SSSR count). The largest absolute Gasteiger partial charge is 0.344 e. The fourth-order valence-corrected chi connectivity index (χ4v) is 3.85. The SMILES string of the molecule is O=C1CC[C@H](C(=O)N2CCC3(CCCCC3)C2)N1. The van der Waals surface area contributed by atoms with Crippen molar-refractivity contribution in [2.75, 3.05) is 13.1 Å². The predicted molar refractivity (Wildman–Crippen MR) is 67.9 cm³/mol. The Kier molecular flexibility index (Phi) is 3.04. The number of hydrogen-bond acceptors (Lipinski definition) is 2. The van der Waals surface area contributed by atoms with Crippen molar-refractivity contribution in [1.82, 2.24) is 10.2 Å². The molecule has 0 aromatic rings. The van der Waals surface area contributed by atoms with Crippen LogP contribution >= 0.6 is 0 Å². The molecule has 0 aromatic heterocycles. The van der Waals surface area contributed by atoms with Crippen LogP contribution in [0.2, 0.25) is 0 Å². The molecule has 1 atom stereocenters. The summed E-state index contributed by atoms with van der Waals surface area (Å²) in [5.41, 5.74) is 0.413. The molecule has 0 bridgehead atoms. The normalized spacial score (nSPS) is 30.8. The van der Waals surface area contributed by atoms with Gasteiger partial charge in [-0.1, -0.05) is 19.3 Å². The zero-order chi connectivity index (χ0) is 12.6. The Morgan fingerprint density at radius 1 is 1.22 bits per heavy atom. The van der Waals surface area contributed by atoms with Crippen LogP contribution in [0.25, 0.3) is 0 Å². The summed E-state index contributed by atoms with van der Waals surface area (Å²) in [6, 6.07) is -0.240. The molecule has 1 saturated carbocycles. The standard InChI is InChI=1S/C14H22N2O2/c17-12-5-4-11(15-12)13(18)16-9-8-14(10-16)6-2-1-3-7-14/h11H,1-10H2,(H,15,17)/t11-/m1/s1. The Morgan fingerprint density at radius 2 is 2.00 bits per heavy atom. The van der Waals surface area contributed by atoms with Crippen molar-refractivity contribution < 1.29 is 9.59 Å². The first kappa shape index (κ1) is 12.0. The van der Waals surface area contributed by atoms with Gasteiger partial charge in [-0.3, -0.25) is 9.59 Å². The zero-order valence-electron chi connectivity index (χ0n) is 10.9. The molecule has 2 aliphatic heterocycles. The maximum Gasteiger partial charge on any atom is 0.245 e. The molecule has 3 fully saturated rings. The second-order valence-corrected chi connectivity index (χ2v) is 6.23. The predicted octanol–water partition coefficient (Wildman–Crippen LogP) is 1.45. The molecule has 1 N–H and O–H groups in total. The van der Waals surface area contributed by atoms with Gasteiger partial charge in [0.2, 0.25) is 11.8 Å². The van der Waals surface area contributed by atoms with Gasteiger partial charge in [-0.15, -0.1) is 0 Å². The lowest BCUT2D eigenvalue weighted by Gasteiger charge is -2.33. The van der Waals surface area contributed by atoms with Crippen LogP contribution in [0, 0.1) is 5.41 Å². The smallest absolute Gasteiger partial charge is 0.245 e. The molecule has 0 radical (unpaired) electrons. The fraction of sp³-hybridized carbons (Fsp3) is 0.857. The number of likely N-dealkylation sites (tertiary alicyclic amines) is 1. The van der Waals surface area contributed by atoms with E-state index in [1.807, 2.05) is 4.90 Å². The van der Waals surface area contributed by atoms with Crippen molar-refractivity contribution in [1.29, 1.82) is 0 Å². The molecule has 2 heterocycles. The zero-order valence-corrected chi connectivity index (χ0v) is 10.9. The van der Waals surface area contributed by atoms with Gasteiger partial charge < -0.3 is 10.2 Å². The van der Waals surface area contributed by atoms with Crippen molar-refractivity contribution in [3.8, 4) is 0 Å². The van der Waals surface area contributed by atoms with Crippen LogP contribution in [0.5, 0.6) is 0 Å². The molecule has 18 heavy (non-hydrogen) atoms. The Labute approximate surface area is 108 Å². The molecular weight excluding hydrogens is 228 g/mol. The summed E-state index contributed by atoms with van der Waals surface area (Å²) in [5, 5.41) is 2.79. The monoisotopic (exact) mass is 250 g/mol. The quantitative estimate of drug-likeness (QED) is 0.765. The lowest BCUT2D eigenvalue weighted by molar-refractivity contribution is -0.133. The summed E-state index contributed by atoms with van der Waals surface area (Å²) in [4.78, 5) is 25.5. The number of carbonyl (C=O) groups excluding carboxylic acids is 2. The van der Waals surface area contributed by atoms with E-state index in [0.717, 1.165) is 13.1 Å². The van der Waals surface area contributed by atoms with Gasteiger partial charge in [0.1, 0.15) is 6.04 Å². The van der Waals surface area contributed by atoms with Crippen molar-refractivity contribution in [2.45, 2.75) is 57.4 Å². The molecular formula is C14H22N2O2. The topological polar surface area (TPSA) is 49.4 Å². The first-order valence-corrected chi connectivity index (χ1v) is 7.27. The lowest BCUT2D eigenvalue weighted by atomic mass is 9.73. The van der Waals surface area contributed by atoms with E-state index in [-0.39, 0.29) is 17.9 Å².